The number of ether oxygens (including phenoxy) is 1. The van der Waals surface area contributed by atoms with Gasteiger partial charge >= 0.3 is 5.69 Å². The van der Waals surface area contributed by atoms with Gasteiger partial charge in [-0.05, 0) is 24.3 Å². The van der Waals surface area contributed by atoms with E-state index in [4.69, 9.17) is 4.74 Å². The van der Waals surface area contributed by atoms with Gasteiger partial charge in [-0.1, -0.05) is 0 Å². The minimum absolute atomic E-state index is 0.106. The number of nitrogens with zero attached hydrogens (tertiary/aromatic N) is 4. The van der Waals surface area contributed by atoms with Gasteiger partial charge in [-0.3, -0.25) is 15.5 Å². The van der Waals surface area contributed by atoms with E-state index in [9.17, 15) is 10.1 Å². The highest BCUT2D eigenvalue weighted by Crippen LogP contribution is 2.31. The molecule has 0 bridgehead atoms. The summed E-state index contributed by atoms with van der Waals surface area (Å²) in [5, 5.41) is 15.8. The van der Waals surface area contributed by atoms with Crippen LogP contribution in [0.4, 0.5) is 23.0 Å². The Morgan fingerprint density at radius 2 is 1.82 bits per heavy atom. The molecule has 1 heterocycles. The van der Waals surface area contributed by atoms with Crippen molar-refractivity contribution in [1.82, 2.24) is 15.0 Å². The van der Waals surface area contributed by atoms with Crippen molar-refractivity contribution < 1.29 is 9.66 Å². The number of hydrogen-bond acceptors (Lipinski definition) is 8. The fourth-order valence-electron chi connectivity index (χ4n) is 1.75. The summed E-state index contributed by atoms with van der Waals surface area (Å²) in [5.74, 6) is 0.910. The molecule has 9 heteroatoms. The number of methoxy groups -OCH3 is 1. The third-order valence-electron chi connectivity index (χ3n) is 2.69. The van der Waals surface area contributed by atoms with Crippen LogP contribution in [-0.4, -0.2) is 41.1 Å². The zero-order valence-corrected chi connectivity index (χ0v) is 12.4. The van der Waals surface area contributed by atoms with E-state index in [-0.39, 0.29) is 17.3 Å². The summed E-state index contributed by atoms with van der Waals surface area (Å²) in [5.41, 5.74) is 3.20. The van der Waals surface area contributed by atoms with Crippen LogP contribution < -0.4 is 15.5 Å². The molecule has 0 radical (unpaired) electrons. The van der Waals surface area contributed by atoms with Crippen molar-refractivity contribution in [1.29, 1.82) is 0 Å². The second kappa shape index (κ2) is 6.68. The first kappa shape index (κ1) is 15.4. The molecule has 0 spiro atoms. The molecule has 0 amide bonds. The fraction of sp³-hybridized carbons (Fsp3) is 0.231. The highest BCUT2D eigenvalue weighted by molar-refractivity contribution is 5.73. The van der Waals surface area contributed by atoms with Crippen LogP contribution in [0.15, 0.2) is 30.6 Å². The molecule has 0 aliphatic rings. The molecule has 116 valence electrons. The minimum Gasteiger partial charge on any atom is -0.497 e. The number of rotatable bonds is 6. The maximum atomic E-state index is 11.3. The molecule has 2 N–H and O–H groups in total. The molecule has 2 aromatic rings. The molecule has 0 atom stereocenters. The van der Waals surface area contributed by atoms with Crippen LogP contribution in [-0.2, 0) is 0 Å². The predicted molar refractivity (Wildman–Crippen MR) is 82.3 cm³/mol. The van der Waals surface area contributed by atoms with Crippen molar-refractivity contribution in [2.75, 3.05) is 31.9 Å². The standard InChI is InChI=1S/C13H16N6O3/c1-18(2)17-13-11(19(20)21)12(14-8-15-13)16-9-4-6-10(22-3)7-5-9/h4-8H,1-3H3,(H2,14,15,16,17). The van der Waals surface area contributed by atoms with Crippen LogP contribution in [0, 0.1) is 10.1 Å². The van der Waals surface area contributed by atoms with Gasteiger partial charge in [0.25, 0.3) is 0 Å². The topological polar surface area (TPSA) is 105 Å². The molecule has 0 unspecified atom stereocenters. The van der Waals surface area contributed by atoms with Gasteiger partial charge in [-0.25, -0.2) is 15.0 Å². The summed E-state index contributed by atoms with van der Waals surface area (Å²) in [6.45, 7) is 0. The number of benzene rings is 1. The van der Waals surface area contributed by atoms with Crippen molar-refractivity contribution in [2.45, 2.75) is 0 Å². The van der Waals surface area contributed by atoms with Crippen LogP contribution in [0.5, 0.6) is 5.75 Å². The smallest absolute Gasteiger partial charge is 0.354 e. The van der Waals surface area contributed by atoms with Gasteiger partial charge < -0.3 is 10.1 Å². The van der Waals surface area contributed by atoms with E-state index in [1.807, 2.05) is 0 Å². The van der Waals surface area contributed by atoms with Crippen LogP contribution in [0.2, 0.25) is 0 Å². The molecular formula is C13H16N6O3. The molecule has 0 aliphatic heterocycles. The average Bonchev–Trinajstić information content (AvgIpc) is 2.47. The zero-order chi connectivity index (χ0) is 16.1. The van der Waals surface area contributed by atoms with Crippen LogP contribution in [0.3, 0.4) is 0 Å². The summed E-state index contributed by atoms with van der Waals surface area (Å²) in [6.07, 6.45) is 1.25. The Kier molecular flexibility index (Phi) is 4.69. The van der Waals surface area contributed by atoms with Crippen molar-refractivity contribution in [2.24, 2.45) is 0 Å². The normalized spacial score (nSPS) is 10.4. The van der Waals surface area contributed by atoms with Gasteiger partial charge in [0.2, 0.25) is 11.6 Å². The van der Waals surface area contributed by atoms with Crippen molar-refractivity contribution >= 4 is 23.0 Å². The molecule has 9 nitrogen and oxygen atoms in total. The molecule has 1 aromatic carbocycles. The summed E-state index contributed by atoms with van der Waals surface area (Å²) in [4.78, 5) is 18.6. The second-order valence-electron chi connectivity index (χ2n) is 4.54. The quantitative estimate of drug-likeness (QED) is 0.617. The van der Waals surface area contributed by atoms with E-state index in [1.54, 1.807) is 50.5 Å². The third-order valence-corrected chi connectivity index (χ3v) is 2.69. The Hall–Kier alpha value is -2.94. The Bertz CT molecular complexity index is 659. The first-order chi connectivity index (χ1) is 10.5. The summed E-state index contributed by atoms with van der Waals surface area (Å²) in [7, 11) is 4.99. The number of hydrogen-bond donors (Lipinski definition) is 2. The Balaban J connectivity index is 2.34. The number of nitro groups is 1. The minimum atomic E-state index is -0.530. The van der Waals surface area contributed by atoms with E-state index in [0.717, 1.165) is 0 Å². The Morgan fingerprint density at radius 1 is 1.18 bits per heavy atom. The van der Waals surface area contributed by atoms with E-state index in [2.05, 4.69) is 20.7 Å². The summed E-state index contributed by atoms with van der Waals surface area (Å²) >= 11 is 0. The number of aromatic nitrogens is 2. The molecule has 0 aliphatic carbocycles. The number of hydrazine groups is 1. The van der Waals surface area contributed by atoms with Crippen molar-refractivity contribution in [3.63, 3.8) is 0 Å². The van der Waals surface area contributed by atoms with E-state index < -0.39 is 4.92 Å². The van der Waals surface area contributed by atoms with Crippen LogP contribution in [0.1, 0.15) is 0 Å². The maximum Gasteiger partial charge on any atom is 0.354 e. The van der Waals surface area contributed by atoms with Crippen molar-refractivity contribution in [3.8, 4) is 5.75 Å². The monoisotopic (exact) mass is 304 g/mol. The lowest BCUT2D eigenvalue weighted by Gasteiger charge is -2.14. The molecule has 2 rings (SSSR count). The third kappa shape index (κ3) is 3.58. The molecule has 1 aromatic heterocycles. The van der Waals surface area contributed by atoms with Gasteiger partial charge in [0.15, 0.2) is 0 Å². The molecule has 22 heavy (non-hydrogen) atoms. The van der Waals surface area contributed by atoms with Gasteiger partial charge in [0.1, 0.15) is 12.1 Å². The highest BCUT2D eigenvalue weighted by Gasteiger charge is 2.23. The van der Waals surface area contributed by atoms with Crippen LogP contribution >= 0.6 is 0 Å². The SMILES string of the molecule is COc1ccc(Nc2ncnc(NN(C)C)c2[N+](=O)[O-])cc1. The molecule has 0 saturated carbocycles. The van der Waals surface area contributed by atoms with E-state index in [1.165, 1.54) is 6.33 Å². The molecular weight excluding hydrogens is 288 g/mol. The van der Waals surface area contributed by atoms with Gasteiger partial charge in [-0.15, -0.1) is 0 Å². The largest absolute Gasteiger partial charge is 0.497 e. The van der Waals surface area contributed by atoms with Gasteiger partial charge in [0, 0.05) is 19.8 Å². The second-order valence-corrected chi connectivity index (χ2v) is 4.54. The predicted octanol–water partition coefficient (Wildman–Crippen LogP) is 2.03. The lowest BCUT2D eigenvalue weighted by molar-refractivity contribution is -0.383. The summed E-state index contributed by atoms with van der Waals surface area (Å²) < 4.78 is 5.07. The lowest BCUT2D eigenvalue weighted by Crippen LogP contribution is -2.21. The lowest BCUT2D eigenvalue weighted by atomic mass is 10.3. The highest BCUT2D eigenvalue weighted by atomic mass is 16.6. The van der Waals surface area contributed by atoms with E-state index in [0.29, 0.717) is 11.4 Å². The fourth-order valence-corrected chi connectivity index (χ4v) is 1.75. The number of anilines is 3. The Morgan fingerprint density at radius 3 is 2.36 bits per heavy atom. The Labute approximate surface area is 127 Å². The van der Waals surface area contributed by atoms with E-state index >= 15 is 0 Å². The maximum absolute atomic E-state index is 11.3. The van der Waals surface area contributed by atoms with Gasteiger partial charge in [0.05, 0.1) is 12.0 Å². The zero-order valence-electron chi connectivity index (χ0n) is 12.4. The molecule has 0 fully saturated rings. The number of nitrogens with one attached hydrogen (secondary N) is 2. The average molecular weight is 304 g/mol. The first-order valence-corrected chi connectivity index (χ1v) is 6.35. The first-order valence-electron chi connectivity index (χ1n) is 6.35. The van der Waals surface area contributed by atoms with Gasteiger partial charge in [-0.2, -0.15) is 0 Å². The summed E-state index contributed by atoms with van der Waals surface area (Å²) in [6, 6.07) is 6.97. The van der Waals surface area contributed by atoms with Crippen molar-refractivity contribution in [3.05, 3.63) is 40.7 Å². The molecule has 0 saturated heterocycles. The van der Waals surface area contributed by atoms with Crippen LogP contribution in [0.25, 0.3) is 0 Å².